The van der Waals surface area contributed by atoms with Crippen LogP contribution in [-0.4, -0.2) is 73.0 Å². The molecule has 0 spiro atoms. The number of carbonyl (C=O) groups excluding carboxylic acids is 3. The Morgan fingerprint density at radius 1 is 0.930 bits per heavy atom. The minimum atomic E-state index is -2.46. The molecule has 3 aliphatic carbocycles. The number of halogens is 2. The van der Waals surface area contributed by atoms with Gasteiger partial charge >= 0.3 is 8.60 Å². The van der Waals surface area contributed by atoms with Crippen molar-refractivity contribution in [3.63, 3.8) is 0 Å². The largest absolute Gasteiger partial charge is 0.486 e. The maximum atomic E-state index is 13.7. The molecular formula is C43H59F2N2O9P. The van der Waals surface area contributed by atoms with Crippen molar-refractivity contribution >= 4 is 27.1 Å². The van der Waals surface area contributed by atoms with Gasteiger partial charge in [-0.3, -0.25) is 9.59 Å². The number of ether oxygens (including phenoxy) is 3. The second-order valence-electron chi connectivity index (χ2n) is 15.5. The first-order valence-electron chi connectivity index (χ1n) is 19.0. The molecule has 0 radical (unpaired) electrons. The number of fused-ring (bicyclic) bond motifs is 3. The van der Waals surface area contributed by atoms with Gasteiger partial charge in [0.25, 0.3) is 0 Å². The first-order chi connectivity index (χ1) is 26.9. The number of aldehydes is 2. The monoisotopic (exact) mass is 816 g/mol. The lowest BCUT2D eigenvalue weighted by Gasteiger charge is -2.57. The Morgan fingerprint density at radius 3 is 2.14 bits per heavy atom. The first kappa shape index (κ1) is 47.5. The van der Waals surface area contributed by atoms with Crippen molar-refractivity contribution < 1.29 is 51.7 Å². The molecule has 6 rings (SSSR count). The zero-order valence-corrected chi connectivity index (χ0v) is 35.3. The minimum Gasteiger partial charge on any atom is -0.486 e. The Balaban J connectivity index is 0.000000250. The Labute approximate surface area is 336 Å². The Bertz CT molecular complexity index is 1800. The summed E-state index contributed by atoms with van der Waals surface area (Å²) in [5.41, 5.74) is 4.21. The van der Waals surface area contributed by atoms with Crippen LogP contribution in [0.5, 0.6) is 11.5 Å². The van der Waals surface area contributed by atoms with E-state index < -0.39 is 14.0 Å². The van der Waals surface area contributed by atoms with Gasteiger partial charge in [0.05, 0.1) is 11.6 Å². The number of nitrogens with one attached hydrogen (secondary N) is 2. The zero-order valence-electron chi connectivity index (χ0n) is 34.4. The molecule has 3 aromatic carbocycles. The summed E-state index contributed by atoms with van der Waals surface area (Å²) in [6.45, 7) is 11.3. The van der Waals surface area contributed by atoms with Gasteiger partial charge in [0.2, 0.25) is 5.91 Å². The fraction of sp³-hybridized carbons (Fsp3) is 0.512. The third-order valence-electron chi connectivity index (χ3n) is 10.8. The number of carbonyl (C=O) groups is 3. The van der Waals surface area contributed by atoms with Gasteiger partial charge in [0.1, 0.15) is 42.8 Å². The number of rotatable bonds is 16. The molecule has 1 atom stereocenters. The zero-order chi connectivity index (χ0) is 42.4. The number of hydrogen-bond donors (Lipinski definition) is 4. The molecule has 2 bridgehead atoms. The van der Waals surface area contributed by atoms with E-state index >= 15 is 0 Å². The topological polar surface area (TPSA) is 153 Å². The lowest BCUT2D eigenvalue weighted by atomic mass is 9.60. The van der Waals surface area contributed by atoms with Crippen LogP contribution < -0.4 is 19.9 Å². The third-order valence-corrected chi connectivity index (χ3v) is 11.2. The predicted octanol–water partition coefficient (Wildman–Crippen LogP) is 7.32. The highest BCUT2D eigenvalue weighted by atomic mass is 31.2. The molecule has 0 heterocycles. The number of amides is 1. The van der Waals surface area contributed by atoms with Gasteiger partial charge < -0.3 is 43.9 Å². The molecule has 0 aliphatic heterocycles. The van der Waals surface area contributed by atoms with E-state index in [1.54, 1.807) is 45.2 Å². The summed E-state index contributed by atoms with van der Waals surface area (Å²) in [5, 5.41) is 6.74. The maximum absolute atomic E-state index is 13.7. The van der Waals surface area contributed by atoms with Crippen LogP contribution in [0.15, 0.2) is 48.5 Å². The van der Waals surface area contributed by atoms with Crippen molar-refractivity contribution in [3.05, 3.63) is 93.5 Å². The first-order valence-corrected chi connectivity index (χ1v) is 20.2. The summed E-state index contributed by atoms with van der Waals surface area (Å²) in [6, 6.07) is 13.4. The maximum Gasteiger partial charge on any atom is 0.391 e. The van der Waals surface area contributed by atoms with E-state index in [-0.39, 0.29) is 48.1 Å². The molecule has 1 unspecified atom stereocenters. The van der Waals surface area contributed by atoms with Crippen LogP contribution in [0, 0.1) is 39.3 Å². The molecule has 3 aliphatic rings. The van der Waals surface area contributed by atoms with Gasteiger partial charge in [-0.05, 0) is 119 Å². The average molecular weight is 817 g/mol. The van der Waals surface area contributed by atoms with Crippen LogP contribution >= 0.6 is 8.60 Å². The minimum absolute atomic E-state index is 0.000794. The van der Waals surface area contributed by atoms with Crippen LogP contribution in [0.1, 0.15) is 92.2 Å². The van der Waals surface area contributed by atoms with Crippen molar-refractivity contribution in [1.29, 1.82) is 0 Å². The molecular weight excluding hydrogens is 757 g/mol. The predicted molar refractivity (Wildman–Crippen MR) is 216 cm³/mol. The fourth-order valence-corrected chi connectivity index (χ4v) is 7.95. The van der Waals surface area contributed by atoms with Crippen molar-refractivity contribution in [2.24, 2.45) is 0 Å². The number of benzene rings is 3. The van der Waals surface area contributed by atoms with Crippen LogP contribution in [0.2, 0.25) is 0 Å². The smallest absolute Gasteiger partial charge is 0.391 e. The summed E-state index contributed by atoms with van der Waals surface area (Å²) >= 11 is 0. The highest BCUT2D eigenvalue weighted by molar-refractivity contribution is 7.39. The second kappa shape index (κ2) is 21.8. The van der Waals surface area contributed by atoms with E-state index in [1.165, 1.54) is 12.1 Å². The third kappa shape index (κ3) is 13.6. The molecule has 3 aromatic rings. The van der Waals surface area contributed by atoms with Crippen molar-refractivity contribution in [3.8, 4) is 11.5 Å². The second-order valence-corrected chi connectivity index (χ2v) is 16.2. The Hall–Kier alpha value is -3.84. The lowest BCUT2D eigenvalue weighted by molar-refractivity contribution is -0.157. The van der Waals surface area contributed by atoms with Crippen LogP contribution in [-0.2, 0) is 35.7 Å². The standard InChI is InChI=1S/C21H31FN2O3.C13H19O4P.C9H9FO2/c1-15-4-5-16(12-17(15)22)6-7-19(25)24-21-10-8-20(23-2,9-11-21)13-18(21)27-14-26-3;1-9-7-10(2)12(13(3,4)5-6-14)11(8-9)17-18(15)16;1-7-2-3-8(6-9(7)10)12-5-4-11/h4-5,12,18,23H,6-11,13-14H2,1-3H3,(H,24,25);6-8,15-16H,5H2,1-4H3;2-4,6H,5H2,1H3. The van der Waals surface area contributed by atoms with Crippen molar-refractivity contribution in [2.75, 3.05) is 27.6 Å². The van der Waals surface area contributed by atoms with Gasteiger partial charge in [-0.1, -0.05) is 38.1 Å². The van der Waals surface area contributed by atoms with Crippen molar-refractivity contribution in [2.45, 2.75) is 116 Å². The average Bonchev–Trinajstić information content (AvgIpc) is 3.15. The van der Waals surface area contributed by atoms with E-state index in [4.69, 9.17) is 28.5 Å². The number of methoxy groups -OCH3 is 1. The molecule has 11 nitrogen and oxygen atoms in total. The Kier molecular flexibility index (Phi) is 18.2. The van der Waals surface area contributed by atoms with Gasteiger partial charge in [-0.2, -0.15) is 0 Å². The van der Waals surface area contributed by atoms with Gasteiger partial charge in [0, 0.05) is 42.5 Å². The highest BCUT2D eigenvalue weighted by Gasteiger charge is 2.55. The van der Waals surface area contributed by atoms with Crippen LogP contribution in [0.4, 0.5) is 8.78 Å². The molecule has 314 valence electrons. The summed E-state index contributed by atoms with van der Waals surface area (Å²) in [4.78, 5) is 51.4. The number of aryl methyl sites for hydroxylation is 5. The molecule has 3 fully saturated rings. The van der Waals surface area contributed by atoms with Crippen LogP contribution in [0.25, 0.3) is 0 Å². The molecule has 57 heavy (non-hydrogen) atoms. The molecule has 14 heteroatoms. The molecule has 3 saturated carbocycles. The normalized spacial score (nSPS) is 19.8. The fourth-order valence-electron chi connectivity index (χ4n) is 7.63. The molecule has 0 saturated heterocycles. The number of hydrogen-bond acceptors (Lipinski definition) is 10. The summed E-state index contributed by atoms with van der Waals surface area (Å²) in [6.07, 6.45) is 7.37. The highest BCUT2D eigenvalue weighted by Crippen LogP contribution is 2.48. The summed E-state index contributed by atoms with van der Waals surface area (Å²) < 4.78 is 47.6. The van der Waals surface area contributed by atoms with E-state index in [9.17, 15) is 23.2 Å². The van der Waals surface area contributed by atoms with E-state index in [0.29, 0.717) is 48.2 Å². The molecule has 1 amide bonds. The SMILES string of the molecule is CNC12CCC(NC(=O)CCc3ccc(C)c(F)c3)(CC1)C(OCOC)C2.Cc1cc(C)c(C(C)(C)CC=O)c(OP(O)O)c1.Cc1ccc(OCC=O)cc1F. The molecule has 4 N–H and O–H groups in total. The summed E-state index contributed by atoms with van der Waals surface area (Å²) in [5.74, 6) is 0.280. The van der Waals surface area contributed by atoms with Crippen molar-refractivity contribution in [1.82, 2.24) is 10.6 Å². The summed E-state index contributed by atoms with van der Waals surface area (Å²) in [7, 11) is 1.15. The Morgan fingerprint density at radius 2 is 1.58 bits per heavy atom. The van der Waals surface area contributed by atoms with E-state index in [1.807, 2.05) is 46.9 Å². The van der Waals surface area contributed by atoms with Gasteiger partial charge in [-0.15, -0.1) is 0 Å². The molecule has 0 aromatic heterocycles. The van der Waals surface area contributed by atoms with Gasteiger partial charge in [0.15, 0.2) is 6.29 Å². The van der Waals surface area contributed by atoms with E-state index in [2.05, 4.69) is 10.6 Å². The van der Waals surface area contributed by atoms with Gasteiger partial charge in [-0.25, -0.2) is 8.78 Å². The van der Waals surface area contributed by atoms with E-state index in [0.717, 1.165) is 60.6 Å². The lowest BCUT2D eigenvalue weighted by Crippen LogP contribution is -2.69. The van der Waals surface area contributed by atoms with Crippen LogP contribution in [0.3, 0.4) is 0 Å². The quantitative estimate of drug-likeness (QED) is 0.0658.